The highest BCUT2D eigenvalue weighted by atomic mass is 16.6. The van der Waals surface area contributed by atoms with E-state index < -0.39 is 18.3 Å². The summed E-state index contributed by atoms with van der Waals surface area (Å²) in [5.74, 6) is -0.410. The normalized spacial score (nSPS) is 11.3. The van der Waals surface area contributed by atoms with Crippen molar-refractivity contribution in [3.05, 3.63) is 71.8 Å². The van der Waals surface area contributed by atoms with Gasteiger partial charge >= 0.3 is 12.1 Å². The van der Waals surface area contributed by atoms with Crippen LogP contribution in [0, 0.1) is 0 Å². The van der Waals surface area contributed by atoms with Crippen LogP contribution in [0.1, 0.15) is 18.1 Å². The Kier molecular flexibility index (Phi) is 6.17. The first kappa shape index (κ1) is 16.5. The molecule has 0 fully saturated rings. The van der Waals surface area contributed by atoms with Crippen LogP contribution in [0.2, 0.25) is 0 Å². The van der Waals surface area contributed by atoms with Crippen LogP contribution >= 0.6 is 0 Å². The third-order valence-electron chi connectivity index (χ3n) is 3.03. The van der Waals surface area contributed by atoms with Gasteiger partial charge in [0, 0.05) is 0 Å². The number of esters is 1. The van der Waals surface area contributed by atoms with E-state index in [4.69, 9.17) is 9.47 Å². The second-order valence-electron chi connectivity index (χ2n) is 5.00. The van der Waals surface area contributed by atoms with Gasteiger partial charge in [0.15, 0.2) is 6.23 Å². The van der Waals surface area contributed by atoms with Crippen LogP contribution in [0.25, 0.3) is 0 Å². The van der Waals surface area contributed by atoms with Crippen LogP contribution in [-0.2, 0) is 27.3 Å². The Hall–Kier alpha value is -2.82. The van der Waals surface area contributed by atoms with Crippen molar-refractivity contribution in [2.45, 2.75) is 26.2 Å². The van der Waals surface area contributed by atoms with Gasteiger partial charge in [0.2, 0.25) is 0 Å². The molecular formula is C18H19NO4. The Bertz CT molecular complexity index is 628. The minimum absolute atomic E-state index is 0.159. The number of carbonyl (C=O) groups is 2. The molecule has 1 atom stereocenters. The Balaban J connectivity index is 1.70. The minimum Gasteiger partial charge on any atom is -0.445 e. The van der Waals surface area contributed by atoms with Gasteiger partial charge in [-0.3, -0.25) is 10.1 Å². The Morgan fingerprint density at radius 3 is 2.13 bits per heavy atom. The molecule has 0 saturated heterocycles. The van der Waals surface area contributed by atoms with E-state index >= 15 is 0 Å². The first-order valence-corrected chi connectivity index (χ1v) is 7.34. The average molecular weight is 313 g/mol. The van der Waals surface area contributed by atoms with Gasteiger partial charge in [0.1, 0.15) is 6.61 Å². The van der Waals surface area contributed by atoms with Crippen molar-refractivity contribution in [3.8, 4) is 0 Å². The summed E-state index contributed by atoms with van der Waals surface area (Å²) in [6.45, 7) is 1.74. The maximum Gasteiger partial charge on any atom is 0.410 e. The SMILES string of the molecule is C[C@H](NC(=O)OCc1ccccc1)OC(=O)Cc1ccccc1. The number of ether oxygens (including phenoxy) is 2. The van der Waals surface area contributed by atoms with E-state index in [9.17, 15) is 9.59 Å². The molecule has 120 valence electrons. The highest BCUT2D eigenvalue weighted by molar-refractivity contribution is 5.73. The molecule has 0 bridgehead atoms. The zero-order chi connectivity index (χ0) is 16.5. The summed E-state index contributed by atoms with van der Waals surface area (Å²) in [5.41, 5.74) is 1.74. The molecule has 23 heavy (non-hydrogen) atoms. The van der Waals surface area contributed by atoms with Gasteiger partial charge in [0.05, 0.1) is 6.42 Å². The molecule has 0 aromatic heterocycles. The van der Waals surface area contributed by atoms with E-state index in [0.717, 1.165) is 11.1 Å². The maximum absolute atomic E-state index is 11.8. The van der Waals surface area contributed by atoms with E-state index in [1.165, 1.54) is 0 Å². The first-order valence-electron chi connectivity index (χ1n) is 7.34. The summed E-state index contributed by atoms with van der Waals surface area (Å²) in [6, 6.07) is 18.6. The molecule has 5 nitrogen and oxygen atoms in total. The summed E-state index contributed by atoms with van der Waals surface area (Å²) in [6.07, 6.45) is -1.23. The van der Waals surface area contributed by atoms with Crippen molar-refractivity contribution in [2.75, 3.05) is 0 Å². The van der Waals surface area contributed by atoms with Gasteiger partial charge in [-0.25, -0.2) is 4.79 Å². The van der Waals surface area contributed by atoms with Gasteiger partial charge in [0.25, 0.3) is 0 Å². The third-order valence-corrected chi connectivity index (χ3v) is 3.03. The molecule has 2 aromatic rings. The Labute approximate surface area is 135 Å². The van der Waals surface area contributed by atoms with Crippen molar-refractivity contribution >= 4 is 12.1 Å². The van der Waals surface area contributed by atoms with Crippen LogP contribution in [0.15, 0.2) is 60.7 Å². The van der Waals surface area contributed by atoms with Gasteiger partial charge in [-0.05, 0) is 18.1 Å². The lowest BCUT2D eigenvalue weighted by Gasteiger charge is -2.15. The van der Waals surface area contributed by atoms with Gasteiger partial charge in [-0.2, -0.15) is 0 Å². The van der Waals surface area contributed by atoms with Gasteiger partial charge < -0.3 is 9.47 Å². The second-order valence-corrected chi connectivity index (χ2v) is 5.00. The standard InChI is InChI=1S/C18H19NO4/c1-14(23-17(20)12-15-8-4-2-5-9-15)19-18(21)22-13-16-10-6-3-7-11-16/h2-11,14H,12-13H2,1H3,(H,19,21)/t14-/m1/s1. The molecule has 0 radical (unpaired) electrons. The monoisotopic (exact) mass is 313 g/mol. The lowest BCUT2D eigenvalue weighted by molar-refractivity contribution is -0.148. The number of amides is 1. The fourth-order valence-electron chi connectivity index (χ4n) is 1.96. The van der Waals surface area contributed by atoms with Crippen molar-refractivity contribution in [1.82, 2.24) is 5.32 Å². The van der Waals surface area contributed by atoms with Crippen LogP contribution in [0.4, 0.5) is 4.79 Å². The summed E-state index contributed by atoms with van der Waals surface area (Å²) < 4.78 is 10.2. The number of hydrogen-bond donors (Lipinski definition) is 1. The summed E-state index contributed by atoms with van der Waals surface area (Å²) >= 11 is 0. The fraction of sp³-hybridized carbons (Fsp3) is 0.222. The maximum atomic E-state index is 11.8. The molecule has 0 spiro atoms. The van der Waals surface area contributed by atoms with E-state index in [0.29, 0.717) is 0 Å². The van der Waals surface area contributed by atoms with Crippen molar-refractivity contribution < 1.29 is 19.1 Å². The average Bonchev–Trinajstić information content (AvgIpc) is 2.54. The Morgan fingerprint density at radius 2 is 1.52 bits per heavy atom. The van der Waals surface area contributed by atoms with Gasteiger partial charge in [-0.1, -0.05) is 60.7 Å². The molecule has 0 unspecified atom stereocenters. The molecule has 0 heterocycles. The number of rotatable bonds is 6. The van der Waals surface area contributed by atoms with E-state index in [1.807, 2.05) is 60.7 Å². The zero-order valence-corrected chi connectivity index (χ0v) is 12.9. The molecule has 1 amide bonds. The largest absolute Gasteiger partial charge is 0.445 e. The van der Waals surface area contributed by atoms with Crippen LogP contribution < -0.4 is 5.32 Å². The highest BCUT2D eigenvalue weighted by Gasteiger charge is 2.13. The molecule has 0 aliphatic heterocycles. The summed E-state index contributed by atoms with van der Waals surface area (Å²) in [7, 11) is 0. The number of benzene rings is 2. The Morgan fingerprint density at radius 1 is 0.957 bits per heavy atom. The molecule has 2 aromatic carbocycles. The van der Waals surface area contributed by atoms with E-state index in [1.54, 1.807) is 6.92 Å². The second kappa shape index (κ2) is 8.58. The predicted molar refractivity (Wildman–Crippen MR) is 85.5 cm³/mol. The van der Waals surface area contributed by atoms with Gasteiger partial charge in [-0.15, -0.1) is 0 Å². The quantitative estimate of drug-likeness (QED) is 0.657. The highest BCUT2D eigenvalue weighted by Crippen LogP contribution is 2.03. The number of nitrogens with one attached hydrogen (secondary N) is 1. The van der Waals surface area contributed by atoms with E-state index in [2.05, 4.69) is 5.32 Å². The molecule has 0 saturated carbocycles. The first-order chi connectivity index (χ1) is 11.1. The molecule has 0 aliphatic carbocycles. The van der Waals surface area contributed by atoms with Crippen molar-refractivity contribution in [1.29, 1.82) is 0 Å². The predicted octanol–water partition coefficient (Wildman–Crippen LogP) is 3.04. The topological polar surface area (TPSA) is 64.6 Å². The van der Waals surface area contributed by atoms with Crippen LogP contribution in [-0.4, -0.2) is 18.3 Å². The summed E-state index contributed by atoms with van der Waals surface area (Å²) in [5, 5.41) is 2.46. The number of hydrogen-bond acceptors (Lipinski definition) is 4. The van der Waals surface area contributed by atoms with E-state index in [-0.39, 0.29) is 13.0 Å². The summed E-state index contributed by atoms with van der Waals surface area (Å²) in [4.78, 5) is 23.4. The zero-order valence-electron chi connectivity index (χ0n) is 12.9. The molecule has 0 aliphatic rings. The van der Waals surface area contributed by atoms with Crippen LogP contribution in [0.3, 0.4) is 0 Å². The molecule has 2 rings (SSSR count). The molecule has 1 N–H and O–H groups in total. The molecular weight excluding hydrogens is 294 g/mol. The fourth-order valence-corrected chi connectivity index (χ4v) is 1.96. The van der Waals surface area contributed by atoms with Crippen molar-refractivity contribution in [3.63, 3.8) is 0 Å². The minimum atomic E-state index is -0.755. The van der Waals surface area contributed by atoms with Crippen LogP contribution in [0.5, 0.6) is 0 Å². The lowest BCUT2D eigenvalue weighted by atomic mass is 10.2. The molecule has 5 heteroatoms. The lowest BCUT2D eigenvalue weighted by Crippen LogP contribution is -2.36. The number of alkyl carbamates (subject to hydrolysis) is 1. The number of carbonyl (C=O) groups excluding carboxylic acids is 2. The van der Waals surface area contributed by atoms with Crippen molar-refractivity contribution in [2.24, 2.45) is 0 Å². The smallest absolute Gasteiger partial charge is 0.410 e. The third kappa shape index (κ3) is 6.22.